The second-order valence-corrected chi connectivity index (χ2v) is 8.20. The van der Waals surface area contributed by atoms with Crippen molar-refractivity contribution < 1.29 is 33.0 Å². The number of nitrogens with zero attached hydrogens (tertiary/aromatic N) is 2. The fourth-order valence-electron chi connectivity index (χ4n) is 4.55. The van der Waals surface area contributed by atoms with Gasteiger partial charge < -0.3 is 9.47 Å². The van der Waals surface area contributed by atoms with E-state index in [4.69, 9.17) is 9.47 Å². The highest BCUT2D eigenvalue weighted by atomic mass is 19.1. The molecule has 0 saturated carbocycles. The summed E-state index contributed by atoms with van der Waals surface area (Å²) >= 11 is 0. The summed E-state index contributed by atoms with van der Waals surface area (Å²) < 4.78 is 25.2. The molecule has 2 aromatic carbocycles. The quantitative estimate of drug-likeness (QED) is 0.466. The van der Waals surface area contributed by atoms with Crippen LogP contribution in [-0.4, -0.2) is 54.6 Å². The van der Waals surface area contributed by atoms with E-state index in [1.54, 1.807) is 44.2 Å². The fraction of sp³-hybridized carbons (Fsp3) is 0.269. The van der Waals surface area contributed by atoms with Gasteiger partial charge in [-0.3, -0.25) is 24.3 Å². The first-order chi connectivity index (χ1) is 16.8. The zero-order valence-corrected chi connectivity index (χ0v) is 19.4. The SMILES string of the molecule is COC(=O)C1C(C)=NC(C)=C(C(=O)OCCN2C(=O)c3ccccc3C2=O)C1c1ccccc1F. The van der Waals surface area contributed by atoms with E-state index in [1.807, 2.05) is 0 Å². The van der Waals surface area contributed by atoms with Crippen LogP contribution in [0.15, 0.2) is 64.8 Å². The van der Waals surface area contributed by atoms with Crippen LogP contribution in [0.25, 0.3) is 0 Å². The normalized spacial score (nSPS) is 19.4. The van der Waals surface area contributed by atoms with Gasteiger partial charge in [0.25, 0.3) is 11.8 Å². The topological polar surface area (TPSA) is 102 Å². The second kappa shape index (κ2) is 9.61. The Morgan fingerprint density at radius 2 is 1.60 bits per heavy atom. The van der Waals surface area contributed by atoms with E-state index in [0.29, 0.717) is 16.8 Å². The van der Waals surface area contributed by atoms with Gasteiger partial charge in [-0.25, -0.2) is 9.18 Å². The van der Waals surface area contributed by atoms with Gasteiger partial charge in [-0.15, -0.1) is 0 Å². The summed E-state index contributed by atoms with van der Waals surface area (Å²) in [5, 5.41) is 0. The van der Waals surface area contributed by atoms with Gasteiger partial charge in [-0.1, -0.05) is 30.3 Å². The van der Waals surface area contributed by atoms with Crippen molar-refractivity contribution in [2.45, 2.75) is 19.8 Å². The van der Waals surface area contributed by atoms with Gasteiger partial charge in [-0.05, 0) is 37.6 Å². The number of hydrogen-bond donors (Lipinski definition) is 0. The molecule has 4 rings (SSSR count). The number of carbonyl (C=O) groups is 4. The zero-order valence-electron chi connectivity index (χ0n) is 19.4. The molecule has 0 fully saturated rings. The minimum atomic E-state index is -1.03. The van der Waals surface area contributed by atoms with E-state index < -0.39 is 41.4 Å². The predicted molar refractivity (Wildman–Crippen MR) is 123 cm³/mol. The number of allylic oxidation sites excluding steroid dienone is 1. The molecule has 2 heterocycles. The Labute approximate surface area is 201 Å². The van der Waals surface area contributed by atoms with Crippen molar-refractivity contribution in [2.75, 3.05) is 20.3 Å². The van der Waals surface area contributed by atoms with Crippen LogP contribution in [-0.2, 0) is 19.1 Å². The number of aliphatic imine (C=N–C) groups is 1. The largest absolute Gasteiger partial charge is 0.468 e. The van der Waals surface area contributed by atoms with Crippen LogP contribution < -0.4 is 0 Å². The average Bonchev–Trinajstić information content (AvgIpc) is 3.08. The van der Waals surface area contributed by atoms with Crippen molar-refractivity contribution in [2.24, 2.45) is 10.9 Å². The maximum absolute atomic E-state index is 14.8. The highest BCUT2D eigenvalue weighted by Crippen LogP contribution is 2.41. The highest BCUT2D eigenvalue weighted by molar-refractivity contribution is 6.21. The molecule has 2 amide bonds. The van der Waals surface area contributed by atoms with Gasteiger partial charge in [0.05, 0.1) is 30.4 Å². The van der Waals surface area contributed by atoms with E-state index in [0.717, 1.165) is 4.90 Å². The maximum atomic E-state index is 14.8. The number of rotatable bonds is 6. The average molecular weight is 478 g/mol. The lowest BCUT2D eigenvalue weighted by molar-refractivity contribution is -0.144. The Balaban J connectivity index is 1.58. The zero-order chi connectivity index (χ0) is 25.3. The monoisotopic (exact) mass is 478 g/mol. The third-order valence-corrected chi connectivity index (χ3v) is 6.17. The summed E-state index contributed by atoms with van der Waals surface area (Å²) in [6.45, 7) is 2.75. The molecule has 180 valence electrons. The highest BCUT2D eigenvalue weighted by Gasteiger charge is 2.43. The predicted octanol–water partition coefficient (Wildman–Crippen LogP) is 3.29. The minimum absolute atomic E-state index is 0.0125. The van der Waals surface area contributed by atoms with Gasteiger partial charge >= 0.3 is 11.9 Å². The maximum Gasteiger partial charge on any atom is 0.336 e. The Morgan fingerprint density at radius 1 is 1.00 bits per heavy atom. The van der Waals surface area contributed by atoms with Crippen molar-refractivity contribution in [3.8, 4) is 0 Å². The van der Waals surface area contributed by atoms with Crippen LogP contribution in [0.2, 0.25) is 0 Å². The number of hydrogen-bond acceptors (Lipinski definition) is 7. The number of benzene rings is 2. The van der Waals surface area contributed by atoms with E-state index in [1.165, 1.54) is 25.3 Å². The van der Waals surface area contributed by atoms with Gasteiger partial charge in [0, 0.05) is 17.3 Å². The van der Waals surface area contributed by atoms with E-state index in [2.05, 4.69) is 4.99 Å². The standard InChI is InChI=1S/C26H23FN2O6/c1-14-20(25(32)34-3)22(18-10-6-7-11-19(18)27)21(15(2)28-14)26(33)35-13-12-29-23(30)16-8-4-5-9-17(16)24(29)31/h4-11,20,22H,12-13H2,1-3H3. The molecule has 0 bridgehead atoms. The van der Waals surface area contributed by atoms with Crippen LogP contribution >= 0.6 is 0 Å². The Morgan fingerprint density at radius 3 is 2.20 bits per heavy atom. The number of halogens is 1. The smallest absolute Gasteiger partial charge is 0.336 e. The lowest BCUT2D eigenvalue weighted by Crippen LogP contribution is -2.37. The molecule has 0 saturated heterocycles. The van der Waals surface area contributed by atoms with Gasteiger partial charge in [0.15, 0.2) is 0 Å². The Bertz CT molecular complexity index is 1260. The number of imide groups is 1. The first-order valence-corrected chi connectivity index (χ1v) is 11.0. The van der Waals surface area contributed by atoms with Crippen molar-refractivity contribution in [1.82, 2.24) is 4.90 Å². The molecule has 0 N–H and O–H groups in total. The number of ether oxygens (including phenoxy) is 2. The number of methoxy groups -OCH3 is 1. The van der Waals surface area contributed by atoms with E-state index in [9.17, 15) is 23.6 Å². The summed E-state index contributed by atoms with van der Waals surface area (Å²) in [5.74, 6) is -5.06. The van der Waals surface area contributed by atoms with Crippen LogP contribution in [0.5, 0.6) is 0 Å². The molecule has 8 nitrogen and oxygen atoms in total. The molecule has 0 aromatic heterocycles. The molecule has 35 heavy (non-hydrogen) atoms. The first-order valence-electron chi connectivity index (χ1n) is 11.0. The second-order valence-electron chi connectivity index (χ2n) is 8.20. The molecule has 2 aliphatic rings. The molecular formula is C26H23FN2O6. The molecule has 0 radical (unpaired) electrons. The van der Waals surface area contributed by atoms with E-state index in [-0.39, 0.29) is 30.0 Å². The lowest BCUT2D eigenvalue weighted by Gasteiger charge is -2.31. The summed E-state index contributed by atoms with van der Waals surface area (Å²) in [5.41, 5.74) is 1.38. The number of fused-ring (bicyclic) bond motifs is 1. The fourth-order valence-corrected chi connectivity index (χ4v) is 4.55. The van der Waals surface area contributed by atoms with Crippen molar-refractivity contribution >= 4 is 29.5 Å². The molecule has 2 aliphatic heterocycles. The third kappa shape index (κ3) is 4.25. The van der Waals surface area contributed by atoms with Crippen LogP contribution in [0.1, 0.15) is 46.0 Å². The molecule has 0 spiro atoms. The molecule has 2 aromatic rings. The number of esters is 2. The third-order valence-electron chi connectivity index (χ3n) is 6.17. The van der Waals surface area contributed by atoms with Gasteiger partial charge in [-0.2, -0.15) is 0 Å². The minimum Gasteiger partial charge on any atom is -0.468 e. The van der Waals surface area contributed by atoms with E-state index >= 15 is 0 Å². The number of amides is 2. The number of carbonyl (C=O) groups excluding carboxylic acids is 4. The molecular weight excluding hydrogens is 455 g/mol. The molecule has 2 atom stereocenters. The van der Waals surface area contributed by atoms with Gasteiger partial charge in [0.2, 0.25) is 0 Å². The van der Waals surface area contributed by atoms with Crippen molar-refractivity contribution in [1.29, 1.82) is 0 Å². The van der Waals surface area contributed by atoms with Crippen LogP contribution in [0.3, 0.4) is 0 Å². The van der Waals surface area contributed by atoms with Crippen LogP contribution in [0, 0.1) is 11.7 Å². The summed E-state index contributed by atoms with van der Waals surface area (Å²) in [4.78, 5) is 56.3. The summed E-state index contributed by atoms with van der Waals surface area (Å²) in [6, 6.07) is 12.3. The summed E-state index contributed by atoms with van der Waals surface area (Å²) in [6.07, 6.45) is 0. The Kier molecular flexibility index (Phi) is 6.59. The van der Waals surface area contributed by atoms with Crippen LogP contribution in [0.4, 0.5) is 4.39 Å². The molecule has 9 heteroatoms. The first kappa shape index (κ1) is 24.0. The van der Waals surface area contributed by atoms with Crippen molar-refractivity contribution in [3.05, 3.63) is 82.3 Å². The Hall–Kier alpha value is -4.14. The lowest BCUT2D eigenvalue weighted by atomic mass is 9.75. The molecule has 0 aliphatic carbocycles. The molecule has 2 unspecified atom stereocenters. The summed E-state index contributed by atoms with van der Waals surface area (Å²) in [7, 11) is 1.21. The van der Waals surface area contributed by atoms with Crippen molar-refractivity contribution in [3.63, 3.8) is 0 Å². The van der Waals surface area contributed by atoms with Gasteiger partial charge in [0.1, 0.15) is 18.3 Å².